The van der Waals surface area contributed by atoms with Crippen molar-refractivity contribution in [3.8, 4) is 11.5 Å². The number of ether oxygens (including phenoxy) is 3. The van der Waals surface area contributed by atoms with E-state index in [0.29, 0.717) is 21.9 Å². The zero-order valence-corrected chi connectivity index (χ0v) is 12.6. The molecule has 0 spiro atoms. The lowest BCUT2D eigenvalue weighted by atomic mass is 10.1. The Labute approximate surface area is 133 Å². The van der Waals surface area contributed by atoms with Crippen molar-refractivity contribution in [3.63, 3.8) is 0 Å². The predicted octanol–water partition coefficient (Wildman–Crippen LogP) is 3.12. The lowest BCUT2D eigenvalue weighted by Crippen LogP contribution is -2.04. The molecule has 0 N–H and O–H groups in total. The van der Waals surface area contributed by atoms with E-state index in [0.717, 1.165) is 5.56 Å². The van der Waals surface area contributed by atoms with E-state index in [2.05, 4.69) is 20.9 Å². The number of carbonyl (C=O) groups is 1. The summed E-state index contributed by atoms with van der Waals surface area (Å²) >= 11 is 3.19. The molecular weight excluding hydrogens is 354 g/mol. The second kappa shape index (κ2) is 5.03. The van der Waals surface area contributed by atoms with Crippen LogP contribution in [0, 0.1) is 0 Å². The van der Waals surface area contributed by atoms with Gasteiger partial charge < -0.3 is 18.6 Å². The Morgan fingerprint density at radius 3 is 2.82 bits per heavy atom. The van der Waals surface area contributed by atoms with Gasteiger partial charge in [-0.3, -0.25) is 0 Å². The fourth-order valence-corrected chi connectivity index (χ4v) is 2.41. The third-order valence-corrected chi connectivity index (χ3v) is 3.53. The summed E-state index contributed by atoms with van der Waals surface area (Å²) in [6.45, 7) is 0.201. The van der Waals surface area contributed by atoms with Crippen LogP contribution in [0.1, 0.15) is 11.3 Å². The first-order valence-electron chi connectivity index (χ1n) is 6.37. The summed E-state index contributed by atoms with van der Waals surface area (Å²) in [5.41, 5.74) is 0.961. The normalized spacial score (nSPS) is 17.8. The number of hydrogen-bond donors (Lipinski definition) is 0. The minimum absolute atomic E-state index is 0.141. The molecule has 7 heteroatoms. The van der Waals surface area contributed by atoms with Gasteiger partial charge in [0, 0.05) is 0 Å². The molecule has 4 rings (SSSR count). The second-order valence-electron chi connectivity index (χ2n) is 4.55. The van der Waals surface area contributed by atoms with Crippen molar-refractivity contribution < 1.29 is 23.4 Å². The van der Waals surface area contributed by atoms with Crippen molar-refractivity contribution in [1.29, 1.82) is 0 Å². The number of fused-ring (bicyclic) bond motifs is 1. The standard InChI is InChI=1S/C15H8BrNO5/c16-13-4-3-11(21-13)14-17-9(15(18)22-14)5-8-1-2-10-12(6-8)20-7-19-10/h1-6H,7H2. The van der Waals surface area contributed by atoms with E-state index in [1.54, 1.807) is 30.3 Å². The fraction of sp³-hybridized carbons (Fsp3) is 0.0667. The molecule has 110 valence electrons. The van der Waals surface area contributed by atoms with Gasteiger partial charge in [-0.05, 0) is 51.8 Å². The number of aliphatic imine (C=N–C) groups is 1. The second-order valence-corrected chi connectivity index (χ2v) is 5.33. The van der Waals surface area contributed by atoms with Crippen molar-refractivity contribution >= 4 is 33.9 Å². The SMILES string of the molecule is O=C1OC(c2ccc(Br)o2)=NC1=Cc1ccc2c(c1)OCO2. The van der Waals surface area contributed by atoms with Crippen LogP contribution in [0.3, 0.4) is 0 Å². The average molecular weight is 362 g/mol. The number of carbonyl (C=O) groups excluding carboxylic acids is 1. The summed E-state index contributed by atoms with van der Waals surface area (Å²) in [4.78, 5) is 16.0. The van der Waals surface area contributed by atoms with Crippen LogP contribution in [-0.4, -0.2) is 18.7 Å². The number of rotatable bonds is 2. The molecule has 0 saturated heterocycles. The van der Waals surface area contributed by atoms with Gasteiger partial charge in [-0.1, -0.05) is 6.07 Å². The van der Waals surface area contributed by atoms with Crippen molar-refractivity contribution in [2.24, 2.45) is 4.99 Å². The quantitative estimate of drug-likeness (QED) is 0.607. The summed E-state index contributed by atoms with van der Waals surface area (Å²) in [5.74, 6) is 1.32. The molecule has 22 heavy (non-hydrogen) atoms. The highest BCUT2D eigenvalue weighted by Crippen LogP contribution is 2.33. The number of hydrogen-bond acceptors (Lipinski definition) is 6. The molecule has 2 aromatic rings. The number of furan rings is 1. The van der Waals surface area contributed by atoms with Crippen LogP contribution in [0.4, 0.5) is 0 Å². The van der Waals surface area contributed by atoms with Gasteiger partial charge in [0.25, 0.3) is 5.90 Å². The van der Waals surface area contributed by atoms with Gasteiger partial charge in [-0.25, -0.2) is 9.79 Å². The van der Waals surface area contributed by atoms with E-state index in [4.69, 9.17) is 18.6 Å². The predicted molar refractivity (Wildman–Crippen MR) is 79.6 cm³/mol. The zero-order chi connectivity index (χ0) is 15.1. The van der Waals surface area contributed by atoms with Crippen LogP contribution in [0.2, 0.25) is 0 Å². The maximum absolute atomic E-state index is 11.9. The maximum Gasteiger partial charge on any atom is 0.363 e. The van der Waals surface area contributed by atoms with Crippen LogP contribution in [0.25, 0.3) is 6.08 Å². The number of cyclic esters (lactones) is 1. The number of benzene rings is 1. The van der Waals surface area contributed by atoms with Crippen molar-refractivity contribution in [1.82, 2.24) is 0 Å². The molecule has 6 nitrogen and oxygen atoms in total. The Morgan fingerprint density at radius 2 is 2.00 bits per heavy atom. The molecule has 1 aromatic heterocycles. The Morgan fingerprint density at radius 1 is 1.14 bits per heavy atom. The van der Waals surface area contributed by atoms with Crippen LogP contribution in [0.15, 0.2) is 50.1 Å². The fourth-order valence-electron chi connectivity index (χ4n) is 2.10. The number of halogens is 1. The van der Waals surface area contributed by atoms with Crippen molar-refractivity contribution in [2.45, 2.75) is 0 Å². The van der Waals surface area contributed by atoms with Crippen LogP contribution in [-0.2, 0) is 9.53 Å². The van der Waals surface area contributed by atoms with Gasteiger partial charge in [0.2, 0.25) is 6.79 Å². The monoisotopic (exact) mass is 361 g/mol. The first-order chi connectivity index (χ1) is 10.7. The third kappa shape index (κ3) is 2.29. The van der Waals surface area contributed by atoms with Crippen molar-refractivity contribution in [2.75, 3.05) is 6.79 Å². The Kier molecular flexibility index (Phi) is 3.00. The minimum Gasteiger partial charge on any atom is -0.454 e. The van der Waals surface area contributed by atoms with E-state index < -0.39 is 5.97 Å². The zero-order valence-electron chi connectivity index (χ0n) is 11.0. The molecule has 2 aliphatic heterocycles. The molecule has 0 atom stereocenters. The van der Waals surface area contributed by atoms with Gasteiger partial charge in [-0.2, -0.15) is 0 Å². The molecule has 0 amide bonds. The first-order valence-corrected chi connectivity index (χ1v) is 7.16. The summed E-state index contributed by atoms with van der Waals surface area (Å²) in [6.07, 6.45) is 1.62. The van der Waals surface area contributed by atoms with E-state index in [9.17, 15) is 4.79 Å². The molecule has 0 saturated carbocycles. The van der Waals surface area contributed by atoms with E-state index in [1.165, 1.54) is 0 Å². The molecule has 3 heterocycles. The van der Waals surface area contributed by atoms with Crippen molar-refractivity contribution in [3.05, 3.63) is 52.0 Å². The highest BCUT2D eigenvalue weighted by molar-refractivity contribution is 9.10. The minimum atomic E-state index is -0.528. The molecule has 0 radical (unpaired) electrons. The number of nitrogens with zero attached hydrogens (tertiary/aromatic N) is 1. The lowest BCUT2D eigenvalue weighted by molar-refractivity contribution is -0.130. The smallest absolute Gasteiger partial charge is 0.363 e. The molecular formula is C15H8BrNO5. The van der Waals surface area contributed by atoms with Gasteiger partial charge >= 0.3 is 5.97 Å². The Bertz CT molecular complexity index is 836. The summed E-state index contributed by atoms with van der Waals surface area (Å²) < 4.78 is 21.5. The van der Waals surface area contributed by atoms with E-state index in [1.807, 2.05) is 6.07 Å². The van der Waals surface area contributed by atoms with Gasteiger partial charge in [0.15, 0.2) is 27.6 Å². The summed E-state index contributed by atoms with van der Waals surface area (Å²) in [6, 6.07) is 8.73. The van der Waals surface area contributed by atoms with E-state index in [-0.39, 0.29) is 18.4 Å². The molecule has 1 aromatic carbocycles. The van der Waals surface area contributed by atoms with Gasteiger partial charge in [0.05, 0.1) is 0 Å². The van der Waals surface area contributed by atoms with E-state index >= 15 is 0 Å². The van der Waals surface area contributed by atoms with Crippen LogP contribution in [0.5, 0.6) is 11.5 Å². The average Bonchev–Trinajstić information content (AvgIpc) is 3.20. The topological polar surface area (TPSA) is 70.3 Å². The largest absolute Gasteiger partial charge is 0.454 e. The lowest BCUT2D eigenvalue weighted by Gasteiger charge is -1.97. The highest BCUT2D eigenvalue weighted by Gasteiger charge is 2.26. The van der Waals surface area contributed by atoms with Gasteiger partial charge in [0.1, 0.15) is 0 Å². The third-order valence-electron chi connectivity index (χ3n) is 3.10. The molecule has 0 aliphatic carbocycles. The molecule has 0 unspecified atom stereocenters. The van der Waals surface area contributed by atoms with Gasteiger partial charge in [-0.15, -0.1) is 0 Å². The van der Waals surface area contributed by atoms with Crippen LogP contribution >= 0.6 is 15.9 Å². The Hall–Kier alpha value is -2.54. The molecule has 0 fully saturated rings. The maximum atomic E-state index is 11.9. The highest BCUT2D eigenvalue weighted by atomic mass is 79.9. The summed E-state index contributed by atoms with van der Waals surface area (Å²) in [7, 11) is 0. The molecule has 0 bridgehead atoms. The summed E-state index contributed by atoms with van der Waals surface area (Å²) in [5, 5.41) is 0. The van der Waals surface area contributed by atoms with Crippen LogP contribution < -0.4 is 9.47 Å². The number of esters is 1. The first kappa shape index (κ1) is 13.1. The Balaban J connectivity index is 1.67. The molecule has 2 aliphatic rings.